The van der Waals surface area contributed by atoms with Gasteiger partial charge < -0.3 is 23.5 Å². The van der Waals surface area contributed by atoms with Gasteiger partial charge >= 0.3 is 0 Å². The van der Waals surface area contributed by atoms with Gasteiger partial charge in [-0.2, -0.15) is 0 Å². The minimum absolute atomic E-state index is 0.185. The Bertz CT molecular complexity index is 1160. The summed E-state index contributed by atoms with van der Waals surface area (Å²) in [4.78, 5) is 25.7. The van der Waals surface area contributed by atoms with Crippen molar-refractivity contribution in [1.29, 1.82) is 0 Å². The van der Waals surface area contributed by atoms with E-state index >= 15 is 0 Å². The lowest BCUT2D eigenvalue weighted by atomic mass is 10.1. The molecule has 0 aliphatic heterocycles. The summed E-state index contributed by atoms with van der Waals surface area (Å²) in [7, 11) is 0. The van der Waals surface area contributed by atoms with Gasteiger partial charge in [0.2, 0.25) is 5.75 Å². The van der Waals surface area contributed by atoms with Crippen molar-refractivity contribution in [2.75, 3.05) is 19.8 Å². The van der Waals surface area contributed by atoms with Crippen LogP contribution in [0.5, 0.6) is 23.0 Å². The lowest BCUT2D eigenvalue weighted by Crippen LogP contribution is -2.41. The van der Waals surface area contributed by atoms with Gasteiger partial charge in [0.05, 0.1) is 36.6 Å². The number of para-hydroxylation sites is 1. The molecule has 0 aliphatic rings. The van der Waals surface area contributed by atoms with Crippen LogP contribution in [0.25, 0.3) is 0 Å². The van der Waals surface area contributed by atoms with E-state index < -0.39 is 11.8 Å². The summed E-state index contributed by atoms with van der Waals surface area (Å²) in [5, 5.41) is 3.91. The predicted molar refractivity (Wildman–Crippen MR) is 132 cm³/mol. The summed E-state index contributed by atoms with van der Waals surface area (Å²) >= 11 is 0. The molecule has 3 aromatic rings. The fraction of sp³-hybridized carbons (Fsp3) is 0.346. The quantitative estimate of drug-likeness (QED) is 0.379. The van der Waals surface area contributed by atoms with Crippen molar-refractivity contribution in [2.45, 2.75) is 41.2 Å². The number of aromatic nitrogens is 1. The summed E-state index contributed by atoms with van der Waals surface area (Å²) in [6.45, 7) is 10.4. The number of nitrogens with one attached hydrogen (secondary N) is 2. The van der Waals surface area contributed by atoms with Crippen LogP contribution in [0.2, 0.25) is 0 Å². The van der Waals surface area contributed by atoms with Gasteiger partial charge in [-0.1, -0.05) is 17.3 Å². The molecular formula is C26H31N3O7. The number of amides is 2. The molecule has 2 N–H and O–H groups in total. The summed E-state index contributed by atoms with van der Waals surface area (Å²) in [6, 6.07) is 9.81. The standard InChI is InChI=1S/C26H31N3O7/c1-6-32-22-13-18(14-23(33-7-2)24(22)34-8-3)25(30)27-28-26(31)19-11-9-10-12-21(19)35-15-20-16(4)29-36-17(20)5/h9-14H,6-8,15H2,1-5H3,(H,27,30)(H,28,31). The van der Waals surface area contributed by atoms with Gasteiger partial charge in [-0.05, 0) is 58.9 Å². The van der Waals surface area contributed by atoms with Gasteiger partial charge in [0, 0.05) is 5.56 Å². The van der Waals surface area contributed by atoms with Gasteiger partial charge in [-0.25, -0.2) is 0 Å². The van der Waals surface area contributed by atoms with Crippen molar-refractivity contribution in [3.8, 4) is 23.0 Å². The molecule has 0 unspecified atom stereocenters. The van der Waals surface area contributed by atoms with E-state index in [2.05, 4.69) is 16.0 Å². The maximum absolute atomic E-state index is 12.9. The van der Waals surface area contributed by atoms with E-state index in [0.717, 1.165) is 11.3 Å². The predicted octanol–water partition coefficient (Wildman–Crippen LogP) is 4.14. The lowest BCUT2D eigenvalue weighted by Gasteiger charge is -2.17. The number of nitrogens with zero attached hydrogens (tertiary/aromatic N) is 1. The zero-order valence-corrected chi connectivity index (χ0v) is 21.1. The van der Waals surface area contributed by atoms with Crippen molar-refractivity contribution < 1.29 is 33.1 Å². The van der Waals surface area contributed by atoms with E-state index in [1.54, 1.807) is 43.3 Å². The highest BCUT2D eigenvalue weighted by molar-refractivity contribution is 6.01. The van der Waals surface area contributed by atoms with Gasteiger partial charge in [0.15, 0.2) is 11.5 Å². The molecule has 0 fully saturated rings. The number of hydrogen-bond donors (Lipinski definition) is 2. The topological polar surface area (TPSA) is 121 Å². The molecule has 10 nitrogen and oxygen atoms in total. The summed E-state index contributed by atoms with van der Waals surface area (Å²) in [6.07, 6.45) is 0. The molecule has 2 amide bonds. The molecular weight excluding hydrogens is 466 g/mol. The van der Waals surface area contributed by atoms with Crippen LogP contribution in [0, 0.1) is 13.8 Å². The maximum atomic E-state index is 12.9. The van der Waals surface area contributed by atoms with E-state index in [9.17, 15) is 9.59 Å². The van der Waals surface area contributed by atoms with Crippen LogP contribution in [0.1, 0.15) is 58.5 Å². The average molecular weight is 498 g/mol. The number of ether oxygens (including phenoxy) is 4. The molecule has 0 atom stereocenters. The highest BCUT2D eigenvalue weighted by atomic mass is 16.5. The van der Waals surface area contributed by atoms with Gasteiger partial charge in [0.25, 0.3) is 11.8 Å². The van der Waals surface area contributed by atoms with Crippen LogP contribution in [-0.2, 0) is 6.61 Å². The van der Waals surface area contributed by atoms with E-state index in [-0.39, 0.29) is 17.7 Å². The number of carbonyl (C=O) groups excluding carboxylic acids is 2. The lowest BCUT2D eigenvalue weighted by molar-refractivity contribution is 0.0843. The fourth-order valence-electron chi connectivity index (χ4n) is 3.41. The zero-order chi connectivity index (χ0) is 26.1. The Hall–Kier alpha value is -4.21. The van der Waals surface area contributed by atoms with Crippen LogP contribution in [0.4, 0.5) is 0 Å². The molecule has 0 bridgehead atoms. The molecule has 0 aliphatic carbocycles. The Labute approximate surface area is 209 Å². The van der Waals surface area contributed by atoms with Crippen LogP contribution in [0.15, 0.2) is 40.9 Å². The molecule has 1 heterocycles. The van der Waals surface area contributed by atoms with Crippen LogP contribution >= 0.6 is 0 Å². The molecule has 2 aromatic carbocycles. The minimum atomic E-state index is -0.553. The molecule has 0 spiro atoms. The van der Waals surface area contributed by atoms with E-state index in [0.29, 0.717) is 48.6 Å². The first-order valence-electron chi connectivity index (χ1n) is 11.7. The molecule has 0 radical (unpaired) electrons. The monoisotopic (exact) mass is 497 g/mol. The second-order valence-electron chi connectivity index (χ2n) is 7.60. The van der Waals surface area contributed by atoms with Gasteiger partial charge in [-0.15, -0.1) is 0 Å². The van der Waals surface area contributed by atoms with Crippen molar-refractivity contribution in [3.05, 3.63) is 64.5 Å². The number of carbonyl (C=O) groups is 2. The molecule has 10 heteroatoms. The summed E-state index contributed by atoms with van der Waals surface area (Å²) in [5.41, 5.74) is 6.87. The van der Waals surface area contributed by atoms with E-state index in [1.165, 1.54) is 0 Å². The first-order chi connectivity index (χ1) is 17.4. The van der Waals surface area contributed by atoms with Crippen molar-refractivity contribution in [3.63, 3.8) is 0 Å². The van der Waals surface area contributed by atoms with Crippen molar-refractivity contribution in [1.82, 2.24) is 16.0 Å². The summed E-state index contributed by atoms with van der Waals surface area (Å²) < 4.78 is 28.0. The van der Waals surface area contributed by atoms with Crippen LogP contribution < -0.4 is 29.8 Å². The number of rotatable bonds is 11. The van der Waals surface area contributed by atoms with Crippen molar-refractivity contribution >= 4 is 11.8 Å². The second kappa shape index (κ2) is 12.5. The first kappa shape index (κ1) is 26.4. The smallest absolute Gasteiger partial charge is 0.273 e. The van der Waals surface area contributed by atoms with Crippen LogP contribution in [-0.4, -0.2) is 36.8 Å². The number of aryl methyl sites for hydroxylation is 2. The summed E-state index contributed by atoms with van der Waals surface area (Å²) in [5.74, 6) is 1.07. The zero-order valence-electron chi connectivity index (χ0n) is 21.1. The number of hydrogen-bond acceptors (Lipinski definition) is 8. The number of benzene rings is 2. The average Bonchev–Trinajstić information content (AvgIpc) is 3.20. The number of hydrazine groups is 1. The Morgan fingerprint density at radius 3 is 2.03 bits per heavy atom. The molecule has 0 saturated carbocycles. The highest BCUT2D eigenvalue weighted by Crippen LogP contribution is 2.39. The molecule has 0 saturated heterocycles. The second-order valence-corrected chi connectivity index (χ2v) is 7.60. The third kappa shape index (κ3) is 6.26. The Morgan fingerprint density at radius 1 is 0.833 bits per heavy atom. The molecule has 3 rings (SSSR count). The van der Waals surface area contributed by atoms with E-state index in [4.69, 9.17) is 23.5 Å². The molecule has 1 aromatic heterocycles. The largest absolute Gasteiger partial charge is 0.490 e. The Kier molecular flexibility index (Phi) is 9.15. The van der Waals surface area contributed by atoms with E-state index in [1.807, 2.05) is 27.7 Å². The van der Waals surface area contributed by atoms with Crippen LogP contribution in [0.3, 0.4) is 0 Å². The minimum Gasteiger partial charge on any atom is -0.490 e. The van der Waals surface area contributed by atoms with Gasteiger partial charge in [0.1, 0.15) is 18.1 Å². The normalized spacial score (nSPS) is 10.5. The highest BCUT2D eigenvalue weighted by Gasteiger charge is 2.20. The third-order valence-corrected chi connectivity index (χ3v) is 5.15. The third-order valence-electron chi connectivity index (χ3n) is 5.15. The van der Waals surface area contributed by atoms with Gasteiger partial charge in [-0.3, -0.25) is 20.4 Å². The maximum Gasteiger partial charge on any atom is 0.273 e. The Morgan fingerprint density at radius 2 is 1.44 bits per heavy atom. The van der Waals surface area contributed by atoms with Crippen molar-refractivity contribution in [2.24, 2.45) is 0 Å². The molecule has 192 valence electrons. The molecule has 36 heavy (non-hydrogen) atoms. The SMILES string of the molecule is CCOc1cc(C(=O)NNC(=O)c2ccccc2OCc2c(C)noc2C)cc(OCC)c1OCC. The first-order valence-corrected chi connectivity index (χ1v) is 11.7. The fourth-order valence-corrected chi connectivity index (χ4v) is 3.41. The Balaban J connectivity index is 1.73.